The molecule has 1 nitrogen and oxygen atoms in total. The Morgan fingerprint density at radius 1 is 0.342 bits per heavy atom. The molecule has 1 atom stereocenters. The molecule has 0 saturated heterocycles. The fourth-order valence-corrected chi connectivity index (χ4v) is 6.96. The number of fused-ring (bicyclic) bond motifs is 3. The Hall–Kier alpha value is -4.53. The van der Waals surface area contributed by atoms with Crippen LogP contribution in [0.1, 0.15) is 0 Å². The van der Waals surface area contributed by atoms with Gasteiger partial charge in [-0.1, -0.05) is 115 Å². The summed E-state index contributed by atoms with van der Waals surface area (Å²) in [6.45, 7) is 0. The fraction of sp³-hybridized carbons (Fsp3) is 0. The van der Waals surface area contributed by atoms with Crippen molar-refractivity contribution in [2.45, 2.75) is 9.79 Å². The van der Waals surface area contributed by atoms with Crippen molar-refractivity contribution < 1.29 is 4.21 Å². The molecular weight excluding hydrogens is 480 g/mol. The van der Waals surface area contributed by atoms with Crippen LogP contribution in [0.3, 0.4) is 0 Å². The minimum atomic E-state index is -1.19. The summed E-state index contributed by atoms with van der Waals surface area (Å²) in [5.74, 6) is 0. The van der Waals surface area contributed by atoms with Crippen LogP contribution >= 0.6 is 0 Å². The SMILES string of the molecule is O=S1c2ccccc2-c2cccc(-c3cccc(-c4cc(-c5ccccc5)cc(-c5ccccc5)c4)c3)c21. The second kappa shape index (κ2) is 9.41. The molecule has 1 aliphatic heterocycles. The lowest BCUT2D eigenvalue weighted by atomic mass is 9.92. The van der Waals surface area contributed by atoms with Gasteiger partial charge < -0.3 is 0 Å². The van der Waals surface area contributed by atoms with Gasteiger partial charge in [-0.2, -0.15) is 0 Å². The van der Waals surface area contributed by atoms with Gasteiger partial charge in [-0.3, -0.25) is 0 Å². The van der Waals surface area contributed by atoms with Gasteiger partial charge >= 0.3 is 0 Å². The molecule has 180 valence electrons. The molecule has 1 aliphatic rings. The Bertz CT molecular complexity index is 1760. The molecule has 1 heterocycles. The molecule has 1 unspecified atom stereocenters. The van der Waals surface area contributed by atoms with Gasteiger partial charge in [0.1, 0.15) is 0 Å². The Kier molecular flexibility index (Phi) is 5.61. The normalized spacial score (nSPS) is 13.6. The van der Waals surface area contributed by atoms with Crippen LogP contribution in [-0.4, -0.2) is 4.21 Å². The molecule has 6 aromatic carbocycles. The highest BCUT2D eigenvalue weighted by molar-refractivity contribution is 7.86. The zero-order chi connectivity index (χ0) is 25.5. The standard InChI is InChI=1S/C36H24OS/c37-38-35-20-8-7-17-33(35)34-19-10-18-32(36(34)38)28-16-9-15-27(21-28)31-23-29(25-11-3-1-4-12-25)22-30(24-31)26-13-5-2-6-14-26/h1-24H. The summed E-state index contributed by atoms with van der Waals surface area (Å²) in [6, 6.07) is 50.8. The van der Waals surface area contributed by atoms with Crippen molar-refractivity contribution in [3.8, 4) is 55.6 Å². The van der Waals surface area contributed by atoms with E-state index in [-0.39, 0.29) is 0 Å². The molecule has 0 radical (unpaired) electrons. The van der Waals surface area contributed by atoms with Crippen molar-refractivity contribution in [2.24, 2.45) is 0 Å². The lowest BCUT2D eigenvalue weighted by molar-refractivity contribution is 0.685. The molecule has 0 N–H and O–H groups in total. The molecule has 0 aromatic heterocycles. The summed E-state index contributed by atoms with van der Waals surface area (Å²) in [7, 11) is -1.19. The third-order valence-electron chi connectivity index (χ3n) is 7.23. The van der Waals surface area contributed by atoms with Crippen LogP contribution in [-0.2, 0) is 10.8 Å². The van der Waals surface area contributed by atoms with E-state index in [0.717, 1.165) is 43.2 Å². The highest BCUT2D eigenvalue weighted by Crippen LogP contribution is 2.45. The van der Waals surface area contributed by atoms with E-state index < -0.39 is 10.8 Å². The van der Waals surface area contributed by atoms with Crippen LogP contribution in [0, 0.1) is 0 Å². The zero-order valence-corrected chi connectivity index (χ0v) is 21.5. The summed E-state index contributed by atoms with van der Waals surface area (Å²) in [5.41, 5.74) is 11.3. The van der Waals surface area contributed by atoms with Gasteiger partial charge in [-0.05, 0) is 80.4 Å². The average molecular weight is 505 g/mol. The summed E-state index contributed by atoms with van der Waals surface area (Å²) in [4.78, 5) is 1.81. The number of benzene rings is 6. The number of hydrogen-bond donors (Lipinski definition) is 0. The van der Waals surface area contributed by atoms with Crippen LogP contribution in [0.15, 0.2) is 155 Å². The quantitative estimate of drug-likeness (QED) is 0.233. The predicted octanol–water partition coefficient (Wildman–Crippen LogP) is 9.50. The van der Waals surface area contributed by atoms with Crippen molar-refractivity contribution >= 4 is 10.8 Å². The maximum absolute atomic E-state index is 13.6. The topological polar surface area (TPSA) is 17.1 Å². The van der Waals surface area contributed by atoms with Crippen LogP contribution in [0.2, 0.25) is 0 Å². The first-order chi connectivity index (χ1) is 18.8. The molecule has 0 fully saturated rings. The molecule has 0 amide bonds. The average Bonchev–Trinajstić information content (AvgIpc) is 3.30. The molecule has 38 heavy (non-hydrogen) atoms. The molecule has 6 aromatic rings. The van der Waals surface area contributed by atoms with Crippen molar-refractivity contribution in [1.29, 1.82) is 0 Å². The van der Waals surface area contributed by atoms with Crippen molar-refractivity contribution in [3.63, 3.8) is 0 Å². The zero-order valence-electron chi connectivity index (χ0n) is 20.7. The van der Waals surface area contributed by atoms with E-state index in [1.54, 1.807) is 0 Å². The summed E-state index contributed by atoms with van der Waals surface area (Å²) >= 11 is 0. The van der Waals surface area contributed by atoms with Gasteiger partial charge in [0.2, 0.25) is 0 Å². The first kappa shape index (κ1) is 22.7. The molecule has 7 rings (SSSR count). The van der Waals surface area contributed by atoms with Crippen molar-refractivity contribution in [1.82, 2.24) is 0 Å². The van der Waals surface area contributed by atoms with Gasteiger partial charge in [0.25, 0.3) is 0 Å². The van der Waals surface area contributed by atoms with Gasteiger partial charge in [0.15, 0.2) is 0 Å². The predicted molar refractivity (Wildman–Crippen MR) is 158 cm³/mol. The minimum absolute atomic E-state index is 0.897. The maximum atomic E-state index is 13.6. The van der Waals surface area contributed by atoms with E-state index in [9.17, 15) is 4.21 Å². The van der Waals surface area contributed by atoms with Crippen molar-refractivity contribution in [2.75, 3.05) is 0 Å². The largest absolute Gasteiger partial charge is 0.249 e. The Morgan fingerprint density at radius 3 is 1.47 bits per heavy atom. The third kappa shape index (κ3) is 3.91. The van der Waals surface area contributed by atoms with E-state index in [1.807, 2.05) is 18.2 Å². The van der Waals surface area contributed by atoms with Crippen LogP contribution in [0.25, 0.3) is 55.6 Å². The third-order valence-corrected chi connectivity index (χ3v) is 8.80. The van der Waals surface area contributed by atoms with Gasteiger partial charge in [-0.25, -0.2) is 4.21 Å². The number of rotatable bonds is 4. The fourth-order valence-electron chi connectivity index (χ4n) is 5.39. The lowest BCUT2D eigenvalue weighted by Gasteiger charge is -2.13. The van der Waals surface area contributed by atoms with E-state index in [0.29, 0.717) is 0 Å². The van der Waals surface area contributed by atoms with E-state index >= 15 is 0 Å². The van der Waals surface area contributed by atoms with Crippen LogP contribution < -0.4 is 0 Å². The highest BCUT2D eigenvalue weighted by atomic mass is 32.2. The molecule has 0 spiro atoms. The van der Waals surface area contributed by atoms with E-state index in [1.165, 1.54) is 22.3 Å². The van der Waals surface area contributed by atoms with Gasteiger partial charge in [-0.15, -0.1) is 0 Å². The lowest BCUT2D eigenvalue weighted by Crippen LogP contribution is -1.92. The summed E-state index contributed by atoms with van der Waals surface area (Å²) in [6.07, 6.45) is 0. The smallest absolute Gasteiger partial charge is 0.0868 e. The molecular formula is C36H24OS. The monoisotopic (exact) mass is 504 g/mol. The Labute approximate surface area is 225 Å². The highest BCUT2D eigenvalue weighted by Gasteiger charge is 2.28. The molecule has 2 heteroatoms. The summed E-state index contributed by atoms with van der Waals surface area (Å²) < 4.78 is 13.6. The Morgan fingerprint density at radius 2 is 0.789 bits per heavy atom. The Balaban J connectivity index is 1.38. The van der Waals surface area contributed by atoms with Crippen molar-refractivity contribution in [3.05, 3.63) is 146 Å². The first-order valence-electron chi connectivity index (χ1n) is 12.8. The maximum Gasteiger partial charge on any atom is 0.0868 e. The molecule has 0 bridgehead atoms. The van der Waals surface area contributed by atoms with Gasteiger partial charge in [0.05, 0.1) is 20.6 Å². The molecule has 0 saturated carbocycles. The van der Waals surface area contributed by atoms with E-state index in [2.05, 4.69) is 127 Å². The minimum Gasteiger partial charge on any atom is -0.249 e. The van der Waals surface area contributed by atoms with Gasteiger partial charge in [0, 0.05) is 5.56 Å². The summed E-state index contributed by atoms with van der Waals surface area (Å²) in [5, 5.41) is 0. The van der Waals surface area contributed by atoms with Crippen LogP contribution in [0.4, 0.5) is 0 Å². The number of hydrogen-bond acceptors (Lipinski definition) is 1. The van der Waals surface area contributed by atoms with E-state index in [4.69, 9.17) is 0 Å². The second-order valence-corrected chi connectivity index (χ2v) is 10.9. The molecule has 0 aliphatic carbocycles. The second-order valence-electron chi connectivity index (χ2n) is 9.56. The first-order valence-corrected chi connectivity index (χ1v) is 13.9. The van der Waals surface area contributed by atoms with Crippen LogP contribution in [0.5, 0.6) is 0 Å².